The topological polar surface area (TPSA) is 55.1 Å². The number of carbonyl (C=O) groups excluding carboxylic acids is 1. The lowest BCUT2D eigenvalue weighted by Gasteiger charge is -2.20. The SMILES string of the molecule is CCC1CCC(NC(=O)CN)C1C. The standard InChI is InChI=1S/C10H20N2O/c1-3-8-4-5-9(7(8)2)12-10(13)6-11/h7-9H,3-6,11H2,1-2H3,(H,12,13). The summed E-state index contributed by atoms with van der Waals surface area (Å²) in [5.41, 5.74) is 5.25. The van der Waals surface area contributed by atoms with E-state index in [2.05, 4.69) is 19.2 Å². The second kappa shape index (κ2) is 4.61. The van der Waals surface area contributed by atoms with Gasteiger partial charge < -0.3 is 11.1 Å². The van der Waals surface area contributed by atoms with Gasteiger partial charge in [0, 0.05) is 6.04 Å². The quantitative estimate of drug-likeness (QED) is 0.684. The van der Waals surface area contributed by atoms with Gasteiger partial charge in [-0.1, -0.05) is 20.3 Å². The summed E-state index contributed by atoms with van der Waals surface area (Å²) in [7, 11) is 0. The van der Waals surface area contributed by atoms with Gasteiger partial charge in [-0.25, -0.2) is 0 Å². The molecule has 1 amide bonds. The fourth-order valence-corrected chi connectivity index (χ4v) is 2.29. The second-order valence-electron chi connectivity index (χ2n) is 3.98. The molecule has 0 aromatic heterocycles. The fourth-order valence-electron chi connectivity index (χ4n) is 2.29. The van der Waals surface area contributed by atoms with Crippen molar-refractivity contribution in [2.24, 2.45) is 17.6 Å². The van der Waals surface area contributed by atoms with Crippen LogP contribution < -0.4 is 11.1 Å². The summed E-state index contributed by atoms with van der Waals surface area (Å²) in [4.78, 5) is 11.1. The maximum Gasteiger partial charge on any atom is 0.233 e. The number of amides is 1. The first-order valence-electron chi connectivity index (χ1n) is 5.18. The van der Waals surface area contributed by atoms with Crippen LogP contribution in [0.4, 0.5) is 0 Å². The fraction of sp³-hybridized carbons (Fsp3) is 0.900. The van der Waals surface area contributed by atoms with E-state index >= 15 is 0 Å². The summed E-state index contributed by atoms with van der Waals surface area (Å²) in [5.74, 6) is 1.37. The number of nitrogens with one attached hydrogen (secondary N) is 1. The molecule has 0 aliphatic heterocycles. The zero-order valence-electron chi connectivity index (χ0n) is 8.55. The van der Waals surface area contributed by atoms with Gasteiger partial charge in [0.1, 0.15) is 0 Å². The molecule has 3 atom stereocenters. The summed E-state index contributed by atoms with van der Waals surface area (Å²) in [6.45, 7) is 4.55. The Morgan fingerprint density at radius 3 is 2.69 bits per heavy atom. The Balaban J connectivity index is 2.40. The smallest absolute Gasteiger partial charge is 0.233 e. The Labute approximate surface area is 80.1 Å². The highest BCUT2D eigenvalue weighted by Gasteiger charge is 2.31. The Bertz CT molecular complexity index is 182. The molecule has 0 aromatic rings. The van der Waals surface area contributed by atoms with Crippen LogP contribution in [0.15, 0.2) is 0 Å². The molecule has 3 heteroatoms. The van der Waals surface area contributed by atoms with Gasteiger partial charge in [0.15, 0.2) is 0 Å². The van der Waals surface area contributed by atoms with Gasteiger partial charge in [-0.15, -0.1) is 0 Å². The molecule has 3 N–H and O–H groups in total. The summed E-state index contributed by atoms with van der Waals surface area (Å²) < 4.78 is 0. The van der Waals surface area contributed by atoms with Crippen molar-refractivity contribution in [2.45, 2.75) is 39.2 Å². The van der Waals surface area contributed by atoms with E-state index in [1.54, 1.807) is 0 Å². The zero-order chi connectivity index (χ0) is 9.84. The molecule has 3 nitrogen and oxygen atoms in total. The molecular formula is C10H20N2O. The van der Waals surface area contributed by atoms with Gasteiger partial charge in [0.2, 0.25) is 5.91 Å². The van der Waals surface area contributed by atoms with Gasteiger partial charge in [-0.3, -0.25) is 4.79 Å². The third-order valence-electron chi connectivity index (χ3n) is 3.28. The van der Waals surface area contributed by atoms with E-state index in [4.69, 9.17) is 5.73 Å². The van der Waals surface area contributed by atoms with Crippen molar-refractivity contribution in [2.75, 3.05) is 6.54 Å². The maximum absolute atomic E-state index is 11.1. The van der Waals surface area contributed by atoms with Crippen molar-refractivity contribution < 1.29 is 4.79 Å². The minimum Gasteiger partial charge on any atom is -0.352 e. The highest BCUT2D eigenvalue weighted by molar-refractivity contribution is 5.78. The first-order valence-corrected chi connectivity index (χ1v) is 5.18. The van der Waals surface area contributed by atoms with Crippen molar-refractivity contribution >= 4 is 5.91 Å². The molecule has 1 rings (SSSR count). The molecule has 1 aliphatic rings. The molecule has 0 aromatic carbocycles. The third kappa shape index (κ3) is 2.44. The van der Waals surface area contributed by atoms with Crippen LogP contribution in [-0.2, 0) is 4.79 Å². The lowest BCUT2D eigenvalue weighted by atomic mass is 9.93. The predicted octanol–water partition coefficient (Wildman–Crippen LogP) is 0.886. The zero-order valence-corrected chi connectivity index (χ0v) is 8.55. The molecule has 0 heterocycles. The van der Waals surface area contributed by atoms with Gasteiger partial charge in [0.05, 0.1) is 6.54 Å². The van der Waals surface area contributed by atoms with Crippen LogP contribution in [0, 0.1) is 11.8 Å². The molecular weight excluding hydrogens is 164 g/mol. The van der Waals surface area contributed by atoms with Crippen molar-refractivity contribution in [3.05, 3.63) is 0 Å². The van der Waals surface area contributed by atoms with Crippen LogP contribution in [0.1, 0.15) is 33.1 Å². The summed E-state index contributed by atoms with van der Waals surface area (Å²) >= 11 is 0. The predicted molar refractivity (Wildman–Crippen MR) is 53.2 cm³/mol. The van der Waals surface area contributed by atoms with Crippen LogP contribution in [0.25, 0.3) is 0 Å². The summed E-state index contributed by atoms with van der Waals surface area (Å²) in [5, 5.41) is 2.98. The average Bonchev–Trinajstić information content (AvgIpc) is 2.48. The molecule has 0 radical (unpaired) electrons. The van der Waals surface area contributed by atoms with Crippen molar-refractivity contribution in [1.82, 2.24) is 5.32 Å². The van der Waals surface area contributed by atoms with Crippen LogP contribution in [0.5, 0.6) is 0 Å². The van der Waals surface area contributed by atoms with Gasteiger partial charge in [0.25, 0.3) is 0 Å². The van der Waals surface area contributed by atoms with Crippen LogP contribution >= 0.6 is 0 Å². The average molecular weight is 184 g/mol. The molecule has 76 valence electrons. The normalized spacial score (nSPS) is 33.3. The lowest BCUT2D eigenvalue weighted by molar-refractivity contribution is -0.120. The van der Waals surface area contributed by atoms with Crippen LogP contribution in [0.3, 0.4) is 0 Å². The van der Waals surface area contributed by atoms with E-state index in [1.165, 1.54) is 12.8 Å². The first-order chi connectivity index (χ1) is 6.19. The lowest BCUT2D eigenvalue weighted by Crippen LogP contribution is -2.40. The number of carbonyl (C=O) groups is 1. The Hall–Kier alpha value is -0.570. The molecule has 3 unspecified atom stereocenters. The summed E-state index contributed by atoms with van der Waals surface area (Å²) in [6, 6.07) is 0.362. The summed E-state index contributed by atoms with van der Waals surface area (Å²) in [6.07, 6.45) is 3.58. The van der Waals surface area contributed by atoms with Crippen molar-refractivity contribution in [1.29, 1.82) is 0 Å². The van der Waals surface area contributed by atoms with E-state index in [0.717, 1.165) is 12.3 Å². The van der Waals surface area contributed by atoms with Crippen LogP contribution in [0.2, 0.25) is 0 Å². The van der Waals surface area contributed by atoms with E-state index < -0.39 is 0 Å². The molecule has 1 fully saturated rings. The Morgan fingerprint density at radius 2 is 2.23 bits per heavy atom. The van der Waals surface area contributed by atoms with Gasteiger partial charge in [-0.2, -0.15) is 0 Å². The van der Waals surface area contributed by atoms with Gasteiger partial charge in [-0.05, 0) is 24.7 Å². The highest BCUT2D eigenvalue weighted by atomic mass is 16.1. The minimum absolute atomic E-state index is 0.0198. The van der Waals surface area contributed by atoms with E-state index in [9.17, 15) is 4.79 Å². The highest BCUT2D eigenvalue weighted by Crippen LogP contribution is 2.33. The van der Waals surface area contributed by atoms with E-state index in [0.29, 0.717) is 12.0 Å². The van der Waals surface area contributed by atoms with Crippen LogP contribution in [-0.4, -0.2) is 18.5 Å². The number of rotatable bonds is 3. The molecule has 0 spiro atoms. The Kier molecular flexibility index (Phi) is 3.72. The molecule has 0 saturated heterocycles. The van der Waals surface area contributed by atoms with Gasteiger partial charge >= 0.3 is 0 Å². The third-order valence-corrected chi connectivity index (χ3v) is 3.28. The number of nitrogens with two attached hydrogens (primary N) is 1. The largest absolute Gasteiger partial charge is 0.352 e. The molecule has 0 bridgehead atoms. The molecule has 1 aliphatic carbocycles. The van der Waals surface area contributed by atoms with E-state index in [1.807, 2.05) is 0 Å². The van der Waals surface area contributed by atoms with Crippen molar-refractivity contribution in [3.63, 3.8) is 0 Å². The Morgan fingerprint density at radius 1 is 1.54 bits per heavy atom. The monoisotopic (exact) mass is 184 g/mol. The van der Waals surface area contributed by atoms with E-state index in [-0.39, 0.29) is 12.5 Å². The minimum atomic E-state index is -0.0198. The molecule has 13 heavy (non-hydrogen) atoms. The first kappa shape index (κ1) is 10.5. The molecule has 1 saturated carbocycles. The number of hydrogen-bond donors (Lipinski definition) is 2. The maximum atomic E-state index is 11.1. The number of hydrogen-bond acceptors (Lipinski definition) is 2. The van der Waals surface area contributed by atoms with Crippen molar-refractivity contribution in [3.8, 4) is 0 Å². The second-order valence-corrected chi connectivity index (χ2v) is 3.98.